The quantitative estimate of drug-likeness (QED) is 0.802. The summed E-state index contributed by atoms with van der Waals surface area (Å²) in [6.45, 7) is 1.00. The lowest BCUT2D eigenvalue weighted by molar-refractivity contribution is 0.0690. The summed E-state index contributed by atoms with van der Waals surface area (Å²) in [7, 11) is 0. The van der Waals surface area contributed by atoms with E-state index in [4.69, 9.17) is 9.63 Å². The third kappa shape index (κ3) is 3.12. The lowest BCUT2D eigenvalue weighted by Crippen LogP contribution is -2.14. The highest BCUT2D eigenvalue weighted by Crippen LogP contribution is 2.01. The SMILES string of the molecule is O=C(O)c1cccc(CNCc2ccno2)n1. The molecule has 0 bridgehead atoms. The number of nitrogens with one attached hydrogen (secondary N) is 1. The van der Waals surface area contributed by atoms with Crippen molar-refractivity contribution in [1.29, 1.82) is 0 Å². The summed E-state index contributed by atoms with van der Waals surface area (Å²) < 4.78 is 4.91. The van der Waals surface area contributed by atoms with Crippen LogP contribution in [-0.4, -0.2) is 21.2 Å². The van der Waals surface area contributed by atoms with E-state index < -0.39 is 5.97 Å². The third-order valence-electron chi connectivity index (χ3n) is 2.12. The van der Waals surface area contributed by atoms with Crippen molar-refractivity contribution in [3.05, 3.63) is 47.6 Å². The fraction of sp³-hybridized carbons (Fsp3) is 0.182. The minimum Gasteiger partial charge on any atom is -0.477 e. The summed E-state index contributed by atoms with van der Waals surface area (Å²) in [4.78, 5) is 14.7. The van der Waals surface area contributed by atoms with E-state index in [1.54, 1.807) is 24.4 Å². The monoisotopic (exact) mass is 233 g/mol. The van der Waals surface area contributed by atoms with E-state index in [0.717, 1.165) is 5.76 Å². The number of nitrogens with zero attached hydrogens (tertiary/aromatic N) is 2. The zero-order valence-electron chi connectivity index (χ0n) is 8.96. The Kier molecular flexibility index (Phi) is 3.46. The first-order valence-electron chi connectivity index (χ1n) is 5.05. The molecule has 0 aliphatic heterocycles. The molecule has 17 heavy (non-hydrogen) atoms. The molecule has 0 aliphatic carbocycles. The molecule has 0 spiro atoms. The molecule has 0 saturated heterocycles. The maximum Gasteiger partial charge on any atom is 0.354 e. The molecule has 0 unspecified atom stereocenters. The third-order valence-corrected chi connectivity index (χ3v) is 2.12. The number of rotatable bonds is 5. The predicted molar refractivity (Wildman–Crippen MR) is 58.2 cm³/mol. The van der Waals surface area contributed by atoms with E-state index in [2.05, 4.69) is 15.5 Å². The number of hydrogen-bond acceptors (Lipinski definition) is 5. The Hall–Kier alpha value is -2.21. The molecule has 0 aromatic carbocycles. The number of hydrogen-bond donors (Lipinski definition) is 2. The minimum absolute atomic E-state index is 0.0453. The maximum absolute atomic E-state index is 10.7. The Bertz CT molecular complexity index is 496. The van der Waals surface area contributed by atoms with E-state index >= 15 is 0 Å². The van der Waals surface area contributed by atoms with E-state index in [-0.39, 0.29) is 5.69 Å². The number of carbonyl (C=O) groups is 1. The van der Waals surface area contributed by atoms with Gasteiger partial charge in [-0.1, -0.05) is 11.2 Å². The standard InChI is InChI=1S/C11H11N3O3/c15-11(16)10-3-1-2-8(14-10)6-12-7-9-4-5-13-17-9/h1-5,12H,6-7H2,(H,15,16). The first-order valence-corrected chi connectivity index (χ1v) is 5.05. The van der Waals surface area contributed by atoms with Crippen LogP contribution in [0, 0.1) is 0 Å². The van der Waals surface area contributed by atoms with E-state index in [9.17, 15) is 4.79 Å². The highest BCUT2D eigenvalue weighted by Gasteiger charge is 2.04. The number of carboxylic acid groups (broad SMARTS) is 1. The van der Waals surface area contributed by atoms with Crippen LogP contribution in [0.3, 0.4) is 0 Å². The van der Waals surface area contributed by atoms with Crippen LogP contribution in [-0.2, 0) is 13.1 Å². The van der Waals surface area contributed by atoms with Crippen molar-refractivity contribution in [2.24, 2.45) is 0 Å². The van der Waals surface area contributed by atoms with Crippen LogP contribution in [0.1, 0.15) is 21.9 Å². The van der Waals surface area contributed by atoms with Crippen molar-refractivity contribution in [3.8, 4) is 0 Å². The first kappa shape index (κ1) is 11.3. The number of aromatic nitrogens is 2. The molecular formula is C11H11N3O3. The molecule has 2 heterocycles. The zero-order chi connectivity index (χ0) is 12.1. The van der Waals surface area contributed by atoms with Gasteiger partial charge in [-0.2, -0.15) is 0 Å². The normalized spacial score (nSPS) is 10.4. The van der Waals surface area contributed by atoms with Crippen molar-refractivity contribution in [3.63, 3.8) is 0 Å². The van der Waals surface area contributed by atoms with Gasteiger partial charge in [0.1, 0.15) is 11.5 Å². The van der Waals surface area contributed by atoms with Crippen LogP contribution >= 0.6 is 0 Å². The minimum atomic E-state index is -1.03. The molecule has 2 rings (SSSR count). The molecule has 0 saturated carbocycles. The summed E-state index contributed by atoms with van der Waals surface area (Å²) in [5, 5.41) is 15.4. The Morgan fingerprint density at radius 2 is 2.24 bits per heavy atom. The smallest absolute Gasteiger partial charge is 0.354 e. The fourth-order valence-electron chi connectivity index (χ4n) is 1.34. The van der Waals surface area contributed by atoms with Crippen LogP contribution in [0.2, 0.25) is 0 Å². The van der Waals surface area contributed by atoms with Gasteiger partial charge in [0.2, 0.25) is 0 Å². The summed E-state index contributed by atoms with van der Waals surface area (Å²) in [5.41, 5.74) is 0.716. The van der Waals surface area contributed by atoms with Crippen molar-refractivity contribution in [2.75, 3.05) is 0 Å². The molecule has 88 valence electrons. The van der Waals surface area contributed by atoms with Gasteiger partial charge in [-0.05, 0) is 12.1 Å². The Morgan fingerprint density at radius 3 is 2.94 bits per heavy atom. The topological polar surface area (TPSA) is 88.2 Å². The fourth-order valence-corrected chi connectivity index (χ4v) is 1.34. The summed E-state index contributed by atoms with van der Waals surface area (Å²) >= 11 is 0. The average Bonchev–Trinajstić information content (AvgIpc) is 2.82. The molecule has 0 fully saturated rings. The summed E-state index contributed by atoms with van der Waals surface area (Å²) in [5.74, 6) is -0.304. The van der Waals surface area contributed by atoms with Gasteiger partial charge >= 0.3 is 5.97 Å². The van der Waals surface area contributed by atoms with Gasteiger partial charge in [-0.15, -0.1) is 0 Å². The van der Waals surface area contributed by atoms with Crippen molar-refractivity contribution >= 4 is 5.97 Å². The van der Waals surface area contributed by atoms with Crippen molar-refractivity contribution in [2.45, 2.75) is 13.1 Å². The molecule has 0 amide bonds. The molecule has 2 N–H and O–H groups in total. The van der Waals surface area contributed by atoms with E-state index in [1.165, 1.54) is 6.07 Å². The molecular weight excluding hydrogens is 222 g/mol. The first-order chi connectivity index (χ1) is 8.25. The van der Waals surface area contributed by atoms with Crippen molar-refractivity contribution in [1.82, 2.24) is 15.5 Å². The number of carboxylic acids is 1. The molecule has 2 aromatic rings. The second kappa shape index (κ2) is 5.22. The van der Waals surface area contributed by atoms with Crippen LogP contribution in [0.5, 0.6) is 0 Å². The molecule has 2 aromatic heterocycles. The van der Waals surface area contributed by atoms with Crippen molar-refractivity contribution < 1.29 is 14.4 Å². The maximum atomic E-state index is 10.7. The molecule has 6 nitrogen and oxygen atoms in total. The van der Waals surface area contributed by atoms with Gasteiger partial charge in [-0.3, -0.25) is 0 Å². The van der Waals surface area contributed by atoms with Gasteiger partial charge in [0.05, 0.1) is 18.4 Å². The van der Waals surface area contributed by atoms with Gasteiger partial charge in [0.25, 0.3) is 0 Å². The summed E-state index contributed by atoms with van der Waals surface area (Å²) in [6, 6.07) is 6.65. The lowest BCUT2D eigenvalue weighted by atomic mass is 10.3. The highest BCUT2D eigenvalue weighted by molar-refractivity contribution is 5.85. The Balaban J connectivity index is 1.90. The van der Waals surface area contributed by atoms with Gasteiger partial charge in [0, 0.05) is 12.6 Å². The average molecular weight is 233 g/mol. The van der Waals surface area contributed by atoms with Crippen LogP contribution in [0.25, 0.3) is 0 Å². The van der Waals surface area contributed by atoms with E-state index in [1.807, 2.05) is 0 Å². The molecule has 0 atom stereocenters. The largest absolute Gasteiger partial charge is 0.477 e. The van der Waals surface area contributed by atoms with Gasteiger partial charge in [0.15, 0.2) is 0 Å². The van der Waals surface area contributed by atoms with Gasteiger partial charge in [-0.25, -0.2) is 9.78 Å². The predicted octanol–water partition coefficient (Wildman–Crippen LogP) is 1.06. The molecule has 0 radical (unpaired) electrons. The van der Waals surface area contributed by atoms with Crippen LogP contribution < -0.4 is 5.32 Å². The second-order valence-corrected chi connectivity index (χ2v) is 3.40. The molecule has 6 heteroatoms. The van der Waals surface area contributed by atoms with E-state index in [0.29, 0.717) is 18.8 Å². The molecule has 0 aliphatic rings. The number of aromatic carboxylic acids is 1. The van der Waals surface area contributed by atoms with Crippen LogP contribution in [0.15, 0.2) is 35.0 Å². The number of pyridine rings is 1. The Labute approximate surface area is 97.3 Å². The zero-order valence-corrected chi connectivity index (χ0v) is 8.96. The lowest BCUT2D eigenvalue weighted by Gasteiger charge is -2.02. The van der Waals surface area contributed by atoms with Crippen LogP contribution in [0.4, 0.5) is 0 Å². The van der Waals surface area contributed by atoms with Gasteiger partial charge < -0.3 is 14.9 Å². The highest BCUT2D eigenvalue weighted by atomic mass is 16.5. The second-order valence-electron chi connectivity index (χ2n) is 3.40. The summed E-state index contributed by atoms with van der Waals surface area (Å²) in [6.07, 6.45) is 1.57. The Morgan fingerprint density at radius 1 is 1.35 bits per heavy atom.